The number of fused-ring (bicyclic) bond motifs is 1. The molecule has 0 aromatic heterocycles. The quantitative estimate of drug-likeness (QED) is 0.898. The predicted octanol–water partition coefficient (Wildman–Crippen LogP) is 2.49. The first-order chi connectivity index (χ1) is 10.2. The summed E-state index contributed by atoms with van der Waals surface area (Å²) >= 11 is 6.04. The van der Waals surface area contributed by atoms with Gasteiger partial charge in [0.2, 0.25) is 5.91 Å². The monoisotopic (exact) mass is 307 g/mol. The van der Waals surface area contributed by atoms with Gasteiger partial charge in [-0.2, -0.15) is 0 Å². The Kier molecular flexibility index (Phi) is 4.78. The first kappa shape index (κ1) is 14.8. The largest absolute Gasteiger partial charge is 0.324 e. The molecule has 21 heavy (non-hydrogen) atoms. The van der Waals surface area contributed by atoms with Gasteiger partial charge in [-0.25, -0.2) is 0 Å². The Balaban J connectivity index is 1.45. The number of benzene rings is 1. The minimum Gasteiger partial charge on any atom is -0.324 e. The molecule has 2 atom stereocenters. The van der Waals surface area contributed by atoms with E-state index in [-0.39, 0.29) is 5.91 Å². The zero-order valence-electron chi connectivity index (χ0n) is 12.1. The predicted molar refractivity (Wildman–Crippen MR) is 85.7 cm³/mol. The molecule has 2 fully saturated rings. The topological polar surface area (TPSA) is 44.4 Å². The van der Waals surface area contributed by atoms with Crippen LogP contribution in [0.5, 0.6) is 0 Å². The highest BCUT2D eigenvalue weighted by atomic mass is 35.5. The Hall–Kier alpha value is -1.10. The normalized spacial score (nSPS) is 25.6. The summed E-state index contributed by atoms with van der Waals surface area (Å²) in [5, 5.41) is 6.82. The van der Waals surface area contributed by atoms with Crippen LogP contribution in [0.4, 0.5) is 5.69 Å². The van der Waals surface area contributed by atoms with Crippen molar-refractivity contribution < 1.29 is 4.79 Å². The summed E-state index contributed by atoms with van der Waals surface area (Å²) in [5.41, 5.74) is 0.677. The van der Waals surface area contributed by atoms with Gasteiger partial charge in [0.15, 0.2) is 0 Å². The molecule has 1 aromatic rings. The fraction of sp³-hybridized carbons (Fsp3) is 0.562. The Bertz CT molecular complexity index is 508. The number of nitrogens with one attached hydrogen (secondary N) is 2. The summed E-state index contributed by atoms with van der Waals surface area (Å²) in [6.07, 6.45) is 4.93. The molecule has 1 amide bonds. The molecule has 0 saturated carbocycles. The molecule has 2 heterocycles. The van der Waals surface area contributed by atoms with E-state index < -0.39 is 0 Å². The number of carbonyl (C=O) groups is 1. The van der Waals surface area contributed by atoms with Gasteiger partial charge in [0, 0.05) is 12.1 Å². The summed E-state index contributed by atoms with van der Waals surface area (Å²) in [7, 11) is 0. The van der Waals surface area contributed by atoms with E-state index in [0.717, 1.165) is 19.0 Å². The molecule has 3 rings (SSSR count). The summed E-state index contributed by atoms with van der Waals surface area (Å²) in [6, 6.07) is 8.50. The van der Waals surface area contributed by atoms with Crippen molar-refractivity contribution in [3.8, 4) is 0 Å². The molecule has 0 radical (unpaired) electrons. The smallest absolute Gasteiger partial charge is 0.238 e. The number of hydrogen-bond acceptors (Lipinski definition) is 3. The van der Waals surface area contributed by atoms with Crippen LogP contribution in [0, 0.1) is 0 Å². The molecule has 2 aliphatic heterocycles. The molecular formula is C16H22ClN3O. The number of anilines is 1. The van der Waals surface area contributed by atoms with Crippen molar-refractivity contribution in [1.82, 2.24) is 10.2 Å². The molecular weight excluding hydrogens is 286 g/mol. The third kappa shape index (κ3) is 3.76. The zero-order valence-corrected chi connectivity index (χ0v) is 12.9. The zero-order chi connectivity index (χ0) is 14.7. The fourth-order valence-corrected chi connectivity index (χ4v) is 3.59. The van der Waals surface area contributed by atoms with Crippen molar-refractivity contribution in [3.63, 3.8) is 0 Å². The highest BCUT2D eigenvalue weighted by Gasteiger charge is 2.31. The summed E-state index contributed by atoms with van der Waals surface area (Å²) in [5.74, 6) is -0.0306. The number of piperidine rings is 1. The number of para-hydroxylation sites is 1. The van der Waals surface area contributed by atoms with Crippen LogP contribution < -0.4 is 10.6 Å². The standard InChI is InChI=1S/C16H22ClN3O/c17-14-5-1-2-6-15(14)19-16(21)11-18-12-7-9-20-8-3-4-13(20)10-12/h1-2,5-6,12-13,18H,3-4,7-11H2,(H,19,21). The van der Waals surface area contributed by atoms with Crippen LogP contribution in [0.2, 0.25) is 5.02 Å². The third-order valence-corrected chi connectivity index (χ3v) is 4.85. The van der Waals surface area contributed by atoms with Crippen molar-refractivity contribution in [2.45, 2.75) is 37.8 Å². The van der Waals surface area contributed by atoms with Gasteiger partial charge in [-0.1, -0.05) is 23.7 Å². The molecule has 0 bridgehead atoms. The van der Waals surface area contributed by atoms with Crippen molar-refractivity contribution in [1.29, 1.82) is 0 Å². The van der Waals surface area contributed by atoms with Gasteiger partial charge in [0.25, 0.3) is 0 Å². The minimum absolute atomic E-state index is 0.0306. The minimum atomic E-state index is -0.0306. The fourth-order valence-electron chi connectivity index (χ4n) is 3.40. The highest BCUT2D eigenvalue weighted by molar-refractivity contribution is 6.33. The number of halogens is 1. The number of hydrogen-bond donors (Lipinski definition) is 2. The molecule has 2 aliphatic rings. The average molecular weight is 308 g/mol. The van der Waals surface area contributed by atoms with Crippen LogP contribution in [0.15, 0.2) is 24.3 Å². The van der Waals surface area contributed by atoms with E-state index in [1.54, 1.807) is 6.07 Å². The van der Waals surface area contributed by atoms with Gasteiger partial charge in [0.1, 0.15) is 0 Å². The summed E-state index contributed by atoms with van der Waals surface area (Å²) in [4.78, 5) is 14.6. The molecule has 0 aliphatic carbocycles. The molecule has 0 spiro atoms. The van der Waals surface area contributed by atoms with Crippen molar-refractivity contribution in [3.05, 3.63) is 29.3 Å². The van der Waals surface area contributed by atoms with E-state index in [0.29, 0.717) is 23.3 Å². The van der Waals surface area contributed by atoms with Crippen LogP contribution in [0.3, 0.4) is 0 Å². The van der Waals surface area contributed by atoms with Gasteiger partial charge >= 0.3 is 0 Å². The Morgan fingerprint density at radius 1 is 1.29 bits per heavy atom. The maximum absolute atomic E-state index is 12.0. The van der Waals surface area contributed by atoms with E-state index in [4.69, 9.17) is 11.6 Å². The van der Waals surface area contributed by atoms with Crippen molar-refractivity contribution in [2.24, 2.45) is 0 Å². The van der Waals surface area contributed by atoms with Crippen molar-refractivity contribution >= 4 is 23.2 Å². The van der Waals surface area contributed by atoms with Crippen LogP contribution in [0.1, 0.15) is 25.7 Å². The van der Waals surface area contributed by atoms with E-state index in [1.807, 2.05) is 18.2 Å². The Morgan fingerprint density at radius 2 is 2.14 bits per heavy atom. The van der Waals surface area contributed by atoms with Crippen LogP contribution in [0.25, 0.3) is 0 Å². The van der Waals surface area contributed by atoms with Gasteiger partial charge in [-0.15, -0.1) is 0 Å². The highest BCUT2D eigenvalue weighted by Crippen LogP contribution is 2.26. The molecule has 2 N–H and O–H groups in total. The Morgan fingerprint density at radius 3 is 3.00 bits per heavy atom. The van der Waals surface area contributed by atoms with Gasteiger partial charge in [0.05, 0.1) is 17.3 Å². The lowest BCUT2D eigenvalue weighted by Crippen LogP contribution is -2.47. The summed E-state index contributed by atoms with van der Waals surface area (Å²) < 4.78 is 0. The number of carbonyl (C=O) groups excluding carboxylic acids is 1. The van der Waals surface area contributed by atoms with E-state index >= 15 is 0 Å². The lowest BCUT2D eigenvalue weighted by Gasteiger charge is -2.35. The maximum Gasteiger partial charge on any atom is 0.238 e. The first-order valence-corrected chi connectivity index (χ1v) is 8.12. The lowest BCUT2D eigenvalue weighted by atomic mass is 9.97. The number of amides is 1. The first-order valence-electron chi connectivity index (χ1n) is 7.74. The summed E-state index contributed by atoms with van der Waals surface area (Å²) in [6.45, 7) is 2.77. The Labute approximate surface area is 130 Å². The molecule has 2 saturated heterocycles. The molecule has 4 nitrogen and oxygen atoms in total. The number of rotatable bonds is 4. The average Bonchev–Trinajstić information content (AvgIpc) is 2.95. The van der Waals surface area contributed by atoms with Gasteiger partial charge < -0.3 is 15.5 Å². The van der Waals surface area contributed by atoms with E-state index in [9.17, 15) is 4.79 Å². The van der Waals surface area contributed by atoms with Crippen LogP contribution in [-0.4, -0.2) is 42.5 Å². The molecule has 1 aromatic carbocycles. The second kappa shape index (κ2) is 6.77. The second-order valence-electron chi connectivity index (χ2n) is 5.96. The molecule has 2 unspecified atom stereocenters. The SMILES string of the molecule is O=C(CNC1CCN2CCCC2C1)Nc1ccccc1Cl. The van der Waals surface area contributed by atoms with Gasteiger partial charge in [-0.3, -0.25) is 4.79 Å². The number of nitrogens with zero attached hydrogens (tertiary/aromatic N) is 1. The third-order valence-electron chi connectivity index (χ3n) is 4.52. The van der Waals surface area contributed by atoms with Crippen molar-refractivity contribution in [2.75, 3.05) is 25.0 Å². The maximum atomic E-state index is 12.0. The van der Waals surface area contributed by atoms with Gasteiger partial charge in [-0.05, 0) is 50.9 Å². The van der Waals surface area contributed by atoms with Crippen LogP contribution in [-0.2, 0) is 4.79 Å². The van der Waals surface area contributed by atoms with Crippen LogP contribution >= 0.6 is 11.6 Å². The lowest BCUT2D eigenvalue weighted by molar-refractivity contribution is -0.115. The molecule has 5 heteroatoms. The van der Waals surface area contributed by atoms with E-state index in [2.05, 4.69) is 15.5 Å². The molecule has 114 valence electrons. The second-order valence-corrected chi connectivity index (χ2v) is 6.37. The van der Waals surface area contributed by atoms with E-state index in [1.165, 1.54) is 25.8 Å².